The molecule has 0 aromatic heterocycles. The van der Waals surface area contributed by atoms with Crippen LogP contribution in [0.3, 0.4) is 0 Å². The summed E-state index contributed by atoms with van der Waals surface area (Å²) in [5, 5.41) is 10.4. The Morgan fingerprint density at radius 3 is 2.41 bits per heavy atom. The largest absolute Gasteiger partial charge is 0.388 e. The van der Waals surface area contributed by atoms with Gasteiger partial charge in [0.25, 0.3) is 0 Å². The van der Waals surface area contributed by atoms with E-state index in [0.29, 0.717) is 5.92 Å². The average Bonchev–Trinajstić information content (AvgIpc) is 2.40. The van der Waals surface area contributed by atoms with Gasteiger partial charge in [-0.25, -0.2) is 0 Å². The maximum atomic E-state index is 10.4. The molecule has 1 saturated carbocycles. The van der Waals surface area contributed by atoms with Gasteiger partial charge in [-0.15, -0.1) is 11.8 Å². The fourth-order valence-corrected chi connectivity index (χ4v) is 3.31. The lowest BCUT2D eigenvalue weighted by molar-refractivity contribution is 0.0848. The number of aliphatic hydroxyl groups is 1. The van der Waals surface area contributed by atoms with Crippen LogP contribution in [-0.4, -0.2) is 10.9 Å². The average molecular weight is 250 g/mol. The highest BCUT2D eigenvalue weighted by atomic mass is 32.2. The Bertz CT molecular complexity index is 327. The standard InChI is InChI=1S/C15H22OS/c1-2-17-14-10-8-13(9-11-14)15(16)12-6-4-3-5-7-12/h8-12,15-16H,2-7H2,1H3. The summed E-state index contributed by atoms with van der Waals surface area (Å²) in [6, 6.07) is 8.46. The molecule has 1 unspecified atom stereocenters. The Hall–Kier alpha value is -0.470. The highest BCUT2D eigenvalue weighted by Gasteiger charge is 2.22. The summed E-state index contributed by atoms with van der Waals surface area (Å²) in [5.41, 5.74) is 1.09. The van der Waals surface area contributed by atoms with Crippen molar-refractivity contribution in [1.82, 2.24) is 0 Å². The van der Waals surface area contributed by atoms with E-state index in [1.807, 2.05) is 11.8 Å². The van der Waals surface area contributed by atoms with Crippen molar-refractivity contribution >= 4 is 11.8 Å². The molecule has 0 aliphatic heterocycles. The summed E-state index contributed by atoms with van der Waals surface area (Å²) in [6.45, 7) is 2.16. The maximum absolute atomic E-state index is 10.4. The molecule has 1 aliphatic carbocycles. The van der Waals surface area contributed by atoms with E-state index in [9.17, 15) is 5.11 Å². The molecule has 1 aliphatic rings. The van der Waals surface area contributed by atoms with Gasteiger partial charge in [0, 0.05) is 4.90 Å². The second kappa shape index (κ2) is 6.46. The maximum Gasteiger partial charge on any atom is 0.0818 e. The van der Waals surface area contributed by atoms with Gasteiger partial charge in [0.05, 0.1) is 6.10 Å². The third kappa shape index (κ3) is 3.49. The second-order valence-electron chi connectivity index (χ2n) is 4.84. The van der Waals surface area contributed by atoms with E-state index in [4.69, 9.17) is 0 Å². The van der Waals surface area contributed by atoms with Crippen molar-refractivity contribution in [3.05, 3.63) is 29.8 Å². The van der Waals surface area contributed by atoms with Crippen molar-refractivity contribution < 1.29 is 5.11 Å². The Balaban J connectivity index is 2.00. The van der Waals surface area contributed by atoms with Crippen LogP contribution in [0.15, 0.2) is 29.2 Å². The molecular formula is C15H22OS. The van der Waals surface area contributed by atoms with Crippen molar-refractivity contribution in [2.24, 2.45) is 5.92 Å². The third-order valence-corrected chi connectivity index (χ3v) is 4.52. The highest BCUT2D eigenvalue weighted by Crippen LogP contribution is 2.34. The van der Waals surface area contributed by atoms with Gasteiger partial charge in [0.2, 0.25) is 0 Å². The molecule has 2 heteroatoms. The molecule has 0 saturated heterocycles. The van der Waals surface area contributed by atoms with E-state index in [1.165, 1.54) is 37.0 Å². The summed E-state index contributed by atoms with van der Waals surface area (Å²) >= 11 is 1.85. The van der Waals surface area contributed by atoms with Gasteiger partial charge in [-0.2, -0.15) is 0 Å². The monoisotopic (exact) mass is 250 g/mol. The first-order valence-corrected chi connectivity index (χ1v) is 7.70. The molecule has 1 atom stereocenters. The minimum Gasteiger partial charge on any atom is -0.388 e. The lowest BCUT2D eigenvalue weighted by Crippen LogP contribution is -2.15. The SMILES string of the molecule is CCSc1ccc(C(O)C2CCCCC2)cc1. The molecule has 1 nitrogen and oxygen atoms in total. The van der Waals surface area contributed by atoms with Crippen molar-refractivity contribution in [1.29, 1.82) is 0 Å². The van der Waals surface area contributed by atoms with Crippen LogP contribution in [0.4, 0.5) is 0 Å². The molecule has 1 fully saturated rings. The molecule has 17 heavy (non-hydrogen) atoms. The fraction of sp³-hybridized carbons (Fsp3) is 0.600. The van der Waals surface area contributed by atoms with E-state index in [-0.39, 0.29) is 6.10 Å². The Kier molecular flexibility index (Phi) is 4.93. The van der Waals surface area contributed by atoms with Gasteiger partial charge in [-0.3, -0.25) is 0 Å². The molecule has 1 aromatic rings. The minimum atomic E-state index is -0.254. The topological polar surface area (TPSA) is 20.2 Å². The van der Waals surface area contributed by atoms with Crippen LogP contribution in [0.1, 0.15) is 50.7 Å². The smallest absolute Gasteiger partial charge is 0.0818 e. The number of benzene rings is 1. The number of aliphatic hydroxyl groups excluding tert-OH is 1. The van der Waals surface area contributed by atoms with Gasteiger partial charge in [0.1, 0.15) is 0 Å². The molecule has 0 heterocycles. The Labute approximate surface area is 109 Å². The molecule has 1 aromatic carbocycles. The van der Waals surface area contributed by atoms with Crippen molar-refractivity contribution in [3.63, 3.8) is 0 Å². The summed E-state index contributed by atoms with van der Waals surface area (Å²) in [7, 11) is 0. The van der Waals surface area contributed by atoms with Crippen molar-refractivity contribution in [3.8, 4) is 0 Å². The van der Waals surface area contributed by atoms with Gasteiger partial charge in [-0.05, 0) is 42.2 Å². The second-order valence-corrected chi connectivity index (χ2v) is 6.18. The highest BCUT2D eigenvalue weighted by molar-refractivity contribution is 7.99. The zero-order valence-electron chi connectivity index (χ0n) is 10.6. The van der Waals surface area contributed by atoms with Crippen molar-refractivity contribution in [2.75, 3.05) is 5.75 Å². The van der Waals surface area contributed by atoms with Crippen LogP contribution in [0.25, 0.3) is 0 Å². The lowest BCUT2D eigenvalue weighted by atomic mass is 9.83. The molecular weight excluding hydrogens is 228 g/mol. The summed E-state index contributed by atoms with van der Waals surface area (Å²) in [5.74, 6) is 1.58. The number of thioether (sulfide) groups is 1. The van der Waals surface area contributed by atoms with E-state index in [1.54, 1.807) is 0 Å². The lowest BCUT2D eigenvalue weighted by Gasteiger charge is -2.26. The molecule has 2 rings (SSSR count). The van der Waals surface area contributed by atoms with E-state index in [0.717, 1.165) is 11.3 Å². The predicted molar refractivity (Wildman–Crippen MR) is 74.4 cm³/mol. The van der Waals surface area contributed by atoms with Crippen LogP contribution in [0.2, 0.25) is 0 Å². The molecule has 94 valence electrons. The van der Waals surface area contributed by atoms with Gasteiger partial charge >= 0.3 is 0 Å². The first-order chi connectivity index (χ1) is 8.31. The van der Waals surface area contributed by atoms with E-state index in [2.05, 4.69) is 31.2 Å². The van der Waals surface area contributed by atoms with Gasteiger partial charge < -0.3 is 5.11 Å². The van der Waals surface area contributed by atoms with Gasteiger partial charge in [0.15, 0.2) is 0 Å². The van der Waals surface area contributed by atoms with Crippen LogP contribution < -0.4 is 0 Å². The number of rotatable bonds is 4. The number of hydrogen-bond donors (Lipinski definition) is 1. The Morgan fingerprint density at radius 2 is 1.82 bits per heavy atom. The zero-order valence-corrected chi connectivity index (χ0v) is 11.4. The van der Waals surface area contributed by atoms with Crippen LogP contribution in [0.5, 0.6) is 0 Å². The van der Waals surface area contributed by atoms with E-state index < -0.39 is 0 Å². The van der Waals surface area contributed by atoms with Crippen LogP contribution >= 0.6 is 11.8 Å². The normalized spacial score (nSPS) is 19.2. The minimum absolute atomic E-state index is 0.254. The molecule has 0 amide bonds. The Morgan fingerprint density at radius 1 is 1.18 bits per heavy atom. The zero-order chi connectivity index (χ0) is 12.1. The predicted octanol–water partition coefficient (Wildman–Crippen LogP) is 4.41. The first kappa shape index (κ1) is 13.0. The molecule has 1 N–H and O–H groups in total. The van der Waals surface area contributed by atoms with Crippen LogP contribution in [0, 0.1) is 5.92 Å². The first-order valence-electron chi connectivity index (χ1n) is 6.72. The van der Waals surface area contributed by atoms with E-state index >= 15 is 0 Å². The molecule has 0 bridgehead atoms. The van der Waals surface area contributed by atoms with Crippen molar-refractivity contribution in [2.45, 2.75) is 50.0 Å². The summed E-state index contributed by atoms with van der Waals surface area (Å²) in [4.78, 5) is 1.30. The summed E-state index contributed by atoms with van der Waals surface area (Å²) in [6.07, 6.45) is 6.03. The van der Waals surface area contributed by atoms with Crippen LogP contribution in [-0.2, 0) is 0 Å². The quantitative estimate of drug-likeness (QED) is 0.799. The van der Waals surface area contributed by atoms with Gasteiger partial charge in [-0.1, -0.05) is 38.3 Å². The number of hydrogen-bond acceptors (Lipinski definition) is 2. The summed E-state index contributed by atoms with van der Waals surface area (Å²) < 4.78 is 0. The third-order valence-electron chi connectivity index (χ3n) is 3.63. The fourth-order valence-electron chi connectivity index (χ4n) is 2.65. The molecule has 0 spiro atoms. The molecule has 0 radical (unpaired) electrons.